The summed E-state index contributed by atoms with van der Waals surface area (Å²) in [6.45, 7) is -0.251. The van der Waals surface area contributed by atoms with Gasteiger partial charge in [0.05, 0.1) is 19.7 Å². The lowest BCUT2D eigenvalue weighted by atomic mass is 10.1. The zero-order valence-electron chi connectivity index (χ0n) is 12.9. The van der Waals surface area contributed by atoms with Crippen molar-refractivity contribution in [3.05, 3.63) is 35.9 Å². The van der Waals surface area contributed by atoms with Crippen LogP contribution in [0.25, 0.3) is 0 Å². The number of rotatable bonds is 8. The maximum absolute atomic E-state index is 11.8. The molecule has 2 N–H and O–H groups in total. The number of benzene rings is 1. The van der Waals surface area contributed by atoms with Crippen LogP contribution in [0.15, 0.2) is 30.3 Å². The number of unbranched alkanes of at least 4 members (excludes halogenated alkanes) is 1. The molecular weight excluding hydrogens is 298 g/mol. The van der Waals surface area contributed by atoms with Crippen LogP contribution in [0.5, 0.6) is 0 Å². The summed E-state index contributed by atoms with van der Waals surface area (Å²) in [5, 5.41) is 13.5. The fourth-order valence-corrected chi connectivity index (χ4v) is 1.87. The fraction of sp³-hybridized carbons (Fsp3) is 0.375. The number of carbonyl (C=O) groups is 3. The molecule has 0 unspecified atom stereocenters. The van der Waals surface area contributed by atoms with Crippen LogP contribution in [0.2, 0.25) is 0 Å². The van der Waals surface area contributed by atoms with Gasteiger partial charge >= 0.3 is 5.97 Å². The molecule has 2 amide bonds. The molecule has 1 aromatic carbocycles. The van der Waals surface area contributed by atoms with E-state index >= 15 is 0 Å². The van der Waals surface area contributed by atoms with Crippen LogP contribution in [-0.2, 0) is 14.3 Å². The van der Waals surface area contributed by atoms with Crippen LogP contribution in [0.3, 0.4) is 0 Å². The number of nitrogens with one attached hydrogen (secondary N) is 2. The van der Waals surface area contributed by atoms with Gasteiger partial charge in [-0.1, -0.05) is 18.2 Å². The Balaban J connectivity index is 2.47. The van der Waals surface area contributed by atoms with Crippen LogP contribution in [0, 0.1) is 11.3 Å². The number of ether oxygens (including phenoxy) is 1. The summed E-state index contributed by atoms with van der Waals surface area (Å²) in [7, 11) is 1.23. The summed E-state index contributed by atoms with van der Waals surface area (Å²) in [5.41, 5.74) is 0.443. The molecule has 0 saturated heterocycles. The minimum atomic E-state index is -0.825. The average Bonchev–Trinajstić information content (AvgIpc) is 2.59. The van der Waals surface area contributed by atoms with Gasteiger partial charge in [-0.3, -0.25) is 9.59 Å². The molecule has 0 bridgehead atoms. The first-order valence-corrected chi connectivity index (χ1v) is 7.16. The van der Waals surface area contributed by atoms with E-state index in [0.29, 0.717) is 18.4 Å². The van der Waals surface area contributed by atoms with Crippen molar-refractivity contribution in [1.82, 2.24) is 10.6 Å². The zero-order chi connectivity index (χ0) is 17.1. The highest BCUT2D eigenvalue weighted by atomic mass is 16.5. The van der Waals surface area contributed by atoms with Gasteiger partial charge in [0.25, 0.3) is 5.91 Å². The first-order valence-electron chi connectivity index (χ1n) is 7.16. The van der Waals surface area contributed by atoms with E-state index in [0.717, 1.165) is 0 Å². The minimum absolute atomic E-state index is 0.251. The number of hydrogen-bond donors (Lipinski definition) is 2. The first kappa shape index (κ1) is 18.2. The largest absolute Gasteiger partial charge is 0.467 e. The third-order valence-electron chi connectivity index (χ3n) is 3.05. The summed E-state index contributed by atoms with van der Waals surface area (Å²) in [6.07, 6.45) is 1.06. The third-order valence-corrected chi connectivity index (χ3v) is 3.05. The standard InChI is InChI=1S/C16H19N3O4/c1-23-16(22)13(9-5-6-10-17)19-14(20)11-18-15(21)12-7-3-2-4-8-12/h2-4,7-8,13H,5-6,9,11H2,1H3,(H,18,21)(H,19,20)/t13-/m1/s1. The van der Waals surface area contributed by atoms with Crippen molar-refractivity contribution in [2.45, 2.75) is 25.3 Å². The van der Waals surface area contributed by atoms with Gasteiger partial charge in [0, 0.05) is 12.0 Å². The van der Waals surface area contributed by atoms with E-state index in [2.05, 4.69) is 15.4 Å². The highest BCUT2D eigenvalue weighted by Crippen LogP contribution is 2.02. The smallest absolute Gasteiger partial charge is 0.328 e. The molecule has 0 aliphatic rings. The van der Waals surface area contributed by atoms with E-state index in [1.54, 1.807) is 30.3 Å². The summed E-state index contributed by atoms with van der Waals surface area (Å²) in [6, 6.07) is 9.63. The summed E-state index contributed by atoms with van der Waals surface area (Å²) in [5.74, 6) is -1.45. The molecule has 0 aromatic heterocycles. The van der Waals surface area contributed by atoms with Gasteiger partial charge in [0.2, 0.25) is 5.91 Å². The summed E-state index contributed by atoms with van der Waals surface area (Å²) in [4.78, 5) is 35.3. The molecule has 1 atom stereocenters. The van der Waals surface area contributed by atoms with Gasteiger partial charge in [-0.2, -0.15) is 5.26 Å². The Morgan fingerprint density at radius 3 is 2.57 bits per heavy atom. The monoisotopic (exact) mass is 317 g/mol. The molecule has 1 aromatic rings. The van der Waals surface area contributed by atoms with Crippen molar-refractivity contribution in [3.63, 3.8) is 0 Å². The number of nitrogens with zero attached hydrogens (tertiary/aromatic N) is 1. The van der Waals surface area contributed by atoms with Crippen LogP contribution in [-0.4, -0.2) is 37.5 Å². The van der Waals surface area contributed by atoms with Gasteiger partial charge in [0.1, 0.15) is 6.04 Å². The van der Waals surface area contributed by atoms with Crippen molar-refractivity contribution < 1.29 is 19.1 Å². The number of nitriles is 1. The maximum atomic E-state index is 11.8. The normalized spacial score (nSPS) is 11.0. The Labute approximate surface area is 134 Å². The van der Waals surface area contributed by atoms with E-state index in [-0.39, 0.29) is 18.9 Å². The lowest BCUT2D eigenvalue weighted by Crippen LogP contribution is -2.46. The predicted octanol–water partition coefficient (Wildman–Crippen LogP) is 0.768. The third kappa shape index (κ3) is 6.61. The molecule has 122 valence electrons. The second-order valence-corrected chi connectivity index (χ2v) is 4.74. The molecule has 0 saturated carbocycles. The first-order chi connectivity index (χ1) is 11.1. The van der Waals surface area contributed by atoms with E-state index < -0.39 is 17.9 Å². The van der Waals surface area contributed by atoms with Crippen LogP contribution < -0.4 is 10.6 Å². The molecule has 0 aliphatic heterocycles. The molecule has 0 radical (unpaired) electrons. The van der Waals surface area contributed by atoms with Crippen molar-refractivity contribution in [2.24, 2.45) is 0 Å². The van der Waals surface area contributed by atoms with Crippen molar-refractivity contribution in [1.29, 1.82) is 5.26 Å². The number of esters is 1. The molecule has 0 spiro atoms. The molecule has 7 heteroatoms. The molecule has 0 heterocycles. The molecule has 23 heavy (non-hydrogen) atoms. The summed E-state index contributed by atoms with van der Waals surface area (Å²) < 4.78 is 4.61. The second kappa shape index (κ2) is 9.95. The zero-order valence-corrected chi connectivity index (χ0v) is 12.9. The molecule has 0 aliphatic carbocycles. The predicted molar refractivity (Wildman–Crippen MR) is 82.2 cm³/mol. The van der Waals surface area contributed by atoms with Gasteiger partial charge < -0.3 is 15.4 Å². The minimum Gasteiger partial charge on any atom is -0.467 e. The van der Waals surface area contributed by atoms with Crippen LogP contribution in [0.1, 0.15) is 29.6 Å². The van der Waals surface area contributed by atoms with E-state index in [4.69, 9.17) is 5.26 Å². The number of methoxy groups -OCH3 is 1. The quantitative estimate of drug-likeness (QED) is 0.544. The van der Waals surface area contributed by atoms with Crippen molar-refractivity contribution in [3.8, 4) is 6.07 Å². The summed E-state index contributed by atoms with van der Waals surface area (Å²) >= 11 is 0. The Hall–Kier alpha value is -2.88. The molecule has 0 fully saturated rings. The lowest BCUT2D eigenvalue weighted by Gasteiger charge is -2.16. The van der Waals surface area contributed by atoms with E-state index in [1.165, 1.54) is 7.11 Å². The molecule has 7 nitrogen and oxygen atoms in total. The fourth-order valence-electron chi connectivity index (χ4n) is 1.87. The van der Waals surface area contributed by atoms with Crippen LogP contribution >= 0.6 is 0 Å². The maximum Gasteiger partial charge on any atom is 0.328 e. The molecule has 1 rings (SSSR count). The Morgan fingerprint density at radius 1 is 1.26 bits per heavy atom. The highest BCUT2D eigenvalue weighted by molar-refractivity contribution is 5.96. The van der Waals surface area contributed by atoms with E-state index in [1.807, 2.05) is 6.07 Å². The SMILES string of the molecule is COC(=O)[C@@H](CCCC#N)NC(=O)CNC(=O)c1ccccc1. The Morgan fingerprint density at radius 2 is 1.96 bits per heavy atom. The number of amides is 2. The van der Waals surface area contributed by atoms with Crippen molar-refractivity contribution >= 4 is 17.8 Å². The van der Waals surface area contributed by atoms with E-state index in [9.17, 15) is 14.4 Å². The van der Waals surface area contributed by atoms with Gasteiger partial charge in [-0.25, -0.2) is 4.79 Å². The van der Waals surface area contributed by atoms with Gasteiger partial charge in [0.15, 0.2) is 0 Å². The Kier molecular flexibility index (Phi) is 7.86. The van der Waals surface area contributed by atoms with Crippen molar-refractivity contribution in [2.75, 3.05) is 13.7 Å². The average molecular weight is 317 g/mol. The number of hydrogen-bond acceptors (Lipinski definition) is 5. The highest BCUT2D eigenvalue weighted by Gasteiger charge is 2.21. The number of carbonyl (C=O) groups excluding carboxylic acids is 3. The van der Waals surface area contributed by atoms with Gasteiger partial charge in [-0.05, 0) is 25.0 Å². The molecular formula is C16H19N3O4. The van der Waals surface area contributed by atoms with Crippen LogP contribution in [0.4, 0.5) is 0 Å². The topological polar surface area (TPSA) is 108 Å². The Bertz CT molecular complexity index is 581. The second-order valence-electron chi connectivity index (χ2n) is 4.74. The lowest BCUT2D eigenvalue weighted by molar-refractivity contribution is -0.145. The van der Waals surface area contributed by atoms with Gasteiger partial charge in [-0.15, -0.1) is 0 Å².